The Morgan fingerprint density at radius 2 is 1.84 bits per heavy atom. The number of nitrogens with zero attached hydrogens (tertiary/aromatic N) is 4. The van der Waals surface area contributed by atoms with Crippen LogP contribution in [0, 0.1) is 20.8 Å². The normalized spacial score (nSPS) is 11.3. The van der Waals surface area contributed by atoms with E-state index >= 15 is 0 Å². The van der Waals surface area contributed by atoms with Crippen LogP contribution in [0.4, 0.5) is 29.5 Å². The van der Waals surface area contributed by atoms with Crippen molar-refractivity contribution < 1.29 is 18.0 Å². The first-order valence-electron chi connectivity index (χ1n) is 9.58. The van der Waals surface area contributed by atoms with Crippen molar-refractivity contribution in [2.45, 2.75) is 26.9 Å². The number of carbonyl (C=O) groups is 1. The first kappa shape index (κ1) is 23.3. The Bertz CT molecular complexity index is 1130. The van der Waals surface area contributed by atoms with Gasteiger partial charge >= 0.3 is 12.2 Å². The molecule has 0 fully saturated rings. The molecule has 0 saturated heterocycles. The van der Waals surface area contributed by atoms with Crippen molar-refractivity contribution in [3.8, 4) is 5.82 Å². The number of carbonyl (C=O) groups excluding carboxylic acids is 1. The van der Waals surface area contributed by atoms with Gasteiger partial charge in [-0.2, -0.15) is 18.3 Å². The van der Waals surface area contributed by atoms with Crippen molar-refractivity contribution in [3.05, 3.63) is 58.1 Å². The van der Waals surface area contributed by atoms with Crippen molar-refractivity contribution >= 4 is 29.1 Å². The monoisotopic (exact) mass is 467 g/mol. The van der Waals surface area contributed by atoms with E-state index in [2.05, 4.69) is 31.0 Å². The van der Waals surface area contributed by atoms with Gasteiger partial charge in [-0.25, -0.2) is 19.4 Å². The quantitative estimate of drug-likeness (QED) is 0.464. The smallest absolute Gasteiger partial charge is 0.368 e. The Morgan fingerprint density at radius 1 is 1.09 bits per heavy atom. The summed E-state index contributed by atoms with van der Waals surface area (Å²) in [6.45, 7) is 6.10. The average Bonchev–Trinajstić information content (AvgIpc) is 3.03. The largest absolute Gasteiger partial charge is 0.417 e. The van der Waals surface area contributed by atoms with Gasteiger partial charge in [-0.15, -0.1) is 0 Å². The van der Waals surface area contributed by atoms with E-state index < -0.39 is 22.8 Å². The lowest BCUT2D eigenvalue weighted by atomic mass is 10.2. The number of aryl methyl sites for hydroxylation is 3. The molecular weight excluding hydrogens is 447 g/mol. The van der Waals surface area contributed by atoms with Crippen LogP contribution in [-0.4, -0.2) is 38.9 Å². The van der Waals surface area contributed by atoms with E-state index in [-0.39, 0.29) is 12.2 Å². The molecule has 0 radical (unpaired) electrons. The van der Waals surface area contributed by atoms with Gasteiger partial charge in [0.2, 0.25) is 0 Å². The van der Waals surface area contributed by atoms with Gasteiger partial charge in [0.15, 0.2) is 5.82 Å². The number of amides is 2. The number of benzene rings is 1. The van der Waals surface area contributed by atoms with Crippen molar-refractivity contribution in [2.24, 2.45) is 0 Å². The fourth-order valence-corrected chi connectivity index (χ4v) is 3.20. The summed E-state index contributed by atoms with van der Waals surface area (Å²) in [6, 6.07) is 6.18. The molecule has 0 aliphatic carbocycles. The number of anilines is 2. The molecule has 3 N–H and O–H groups in total. The van der Waals surface area contributed by atoms with Crippen LogP contribution in [0.3, 0.4) is 0 Å². The Balaban J connectivity index is 1.55. The lowest BCUT2D eigenvalue weighted by Gasteiger charge is -2.13. The Morgan fingerprint density at radius 3 is 2.50 bits per heavy atom. The third kappa shape index (κ3) is 5.88. The van der Waals surface area contributed by atoms with Crippen molar-refractivity contribution in [1.82, 2.24) is 25.1 Å². The third-order valence-electron chi connectivity index (χ3n) is 4.30. The lowest BCUT2D eigenvalue weighted by molar-refractivity contribution is -0.137. The summed E-state index contributed by atoms with van der Waals surface area (Å²) >= 11 is 5.58. The Hall–Kier alpha value is -3.34. The summed E-state index contributed by atoms with van der Waals surface area (Å²) in [5.41, 5.74) is 0.761. The second-order valence-electron chi connectivity index (χ2n) is 7.00. The van der Waals surface area contributed by atoms with Crippen LogP contribution in [0.1, 0.15) is 22.8 Å². The molecule has 12 heteroatoms. The summed E-state index contributed by atoms with van der Waals surface area (Å²) in [6.07, 6.45) is -4.61. The highest BCUT2D eigenvalue weighted by atomic mass is 35.5. The van der Waals surface area contributed by atoms with Gasteiger partial charge in [0, 0.05) is 30.5 Å². The Kier molecular flexibility index (Phi) is 6.87. The van der Waals surface area contributed by atoms with Crippen molar-refractivity contribution in [1.29, 1.82) is 0 Å². The van der Waals surface area contributed by atoms with E-state index in [9.17, 15) is 18.0 Å². The number of alkyl halides is 3. The summed E-state index contributed by atoms with van der Waals surface area (Å²) in [5.74, 6) is 1.71. The topological polar surface area (TPSA) is 96.8 Å². The molecule has 3 rings (SSSR count). The molecule has 0 atom stereocenters. The van der Waals surface area contributed by atoms with E-state index in [1.54, 1.807) is 17.7 Å². The van der Waals surface area contributed by atoms with Crippen LogP contribution in [0.15, 0.2) is 30.3 Å². The minimum absolute atomic E-state index is 0.0202. The molecule has 0 aliphatic heterocycles. The maximum absolute atomic E-state index is 12.9. The molecule has 32 heavy (non-hydrogen) atoms. The lowest BCUT2D eigenvalue weighted by Crippen LogP contribution is -2.32. The van der Waals surface area contributed by atoms with E-state index in [0.717, 1.165) is 23.5 Å². The fourth-order valence-electron chi connectivity index (χ4n) is 2.97. The van der Waals surface area contributed by atoms with Gasteiger partial charge in [-0.3, -0.25) is 0 Å². The highest BCUT2D eigenvalue weighted by molar-refractivity contribution is 6.31. The van der Waals surface area contributed by atoms with E-state index in [1.807, 2.05) is 19.9 Å². The van der Waals surface area contributed by atoms with Crippen molar-refractivity contribution in [2.75, 3.05) is 23.7 Å². The zero-order valence-electron chi connectivity index (χ0n) is 17.5. The molecule has 0 aliphatic rings. The third-order valence-corrected chi connectivity index (χ3v) is 4.63. The van der Waals surface area contributed by atoms with Crippen molar-refractivity contribution in [3.63, 3.8) is 0 Å². The molecule has 1 aromatic carbocycles. The van der Waals surface area contributed by atoms with Crippen LogP contribution in [0.2, 0.25) is 5.02 Å². The summed E-state index contributed by atoms with van der Waals surface area (Å²) in [5, 5.41) is 12.0. The van der Waals surface area contributed by atoms with Gasteiger partial charge in [0.1, 0.15) is 11.6 Å². The first-order valence-corrected chi connectivity index (χ1v) is 9.95. The van der Waals surface area contributed by atoms with Crippen LogP contribution < -0.4 is 16.0 Å². The number of rotatable bonds is 6. The molecule has 0 spiro atoms. The number of urea groups is 1. The van der Waals surface area contributed by atoms with E-state index in [1.165, 1.54) is 6.07 Å². The molecule has 3 aromatic rings. The first-order chi connectivity index (χ1) is 15.0. The second kappa shape index (κ2) is 9.43. The molecule has 2 heterocycles. The van der Waals surface area contributed by atoms with Crippen LogP contribution in [-0.2, 0) is 6.18 Å². The number of halogens is 4. The second-order valence-corrected chi connectivity index (χ2v) is 7.40. The molecule has 170 valence electrons. The predicted octanol–water partition coefficient (Wildman–Crippen LogP) is 4.49. The predicted molar refractivity (Wildman–Crippen MR) is 115 cm³/mol. The van der Waals surface area contributed by atoms with Gasteiger partial charge in [-0.1, -0.05) is 11.6 Å². The number of hydrogen-bond donors (Lipinski definition) is 3. The minimum atomic E-state index is -4.61. The van der Waals surface area contributed by atoms with Gasteiger partial charge in [0.05, 0.1) is 16.3 Å². The molecule has 0 unspecified atom stereocenters. The maximum atomic E-state index is 12.9. The summed E-state index contributed by atoms with van der Waals surface area (Å²) in [4.78, 5) is 20.7. The molecule has 8 nitrogen and oxygen atoms in total. The summed E-state index contributed by atoms with van der Waals surface area (Å²) < 4.78 is 40.5. The van der Waals surface area contributed by atoms with Gasteiger partial charge < -0.3 is 16.0 Å². The molecule has 0 bridgehead atoms. The zero-order chi connectivity index (χ0) is 23.5. The standard InChI is InChI=1S/C20H21ClF3N7O/c1-11-8-12(2)31(30-11)18-10-17(27-13(3)28-18)25-6-7-26-19(32)29-14-4-5-16(21)15(9-14)20(22,23)24/h4-5,8-10H,6-7H2,1-3H3,(H,25,27,28)(H2,26,29,32). The minimum Gasteiger partial charge on any atom is -0.368 e. The SMILES string of the molecule is Cc1cc(C)n(-c2cc(NCCNC(=O)Nc3ccc(Cl)c(C(F)(F)F)c3)nc(C)n2)n1. The van der Waals surface area contributed by atoms with Crippen LogP contribution in [0.5, 0.6) is 0 Å². The highest BCUT2D eigenvalue weighted by Gasteiger charge is 2.33. The number of nitrogens with one attached hydrogen (secondary N) is 3. The molecule has 0 saturated carbocycles. The zero-order valence-corrected chi connectivity index (χ0v) is 18.3. The Labute approximate surface area is 187 Å². The highest BCUT2D eigenvalue weighted by Crippen LogP contribution is 2.36. The maximum Gasteiger partial charge on any atom is 0.417 e. The van der Waals surface area contributed by atoms with Crippen LogP contribution >= 0.6 is 11.6 Å². The molecule has 2 aromatic heterocycles. The van der Waals surface area contributed by atoms with Crippen LogP contribution in [0.25, 0.3) is 5.82 Å². The molecule has 2 amide bonds. The van der Waals surface area contributed by atoms with E-state index in [4.69, 9.17) is 11.6 Å². The number of aromatic nitrogens is 4. The van der Waals surface area contributed by atoms with Gasteiger partial charge in [-0.05, 0) is 45.0 Å². The fraction of sp³-hybridized carbons (Fsp3) is 0.300. The van der Waals surface area contributed by atoms with E-state index in [0.29, 0.717) is 24.0 Å². The average molecular weight is 468 g/mol. The molecular formula is C20H21ClF3N7O. The number of hydrogen-bond acceptors (Lipinski definition) is 5. The summed E-state index contributed by atoms with van der Waals surface area (Å²) in [7, 11) is 0. The van der Waals surface area contributed by atoms with Gasteiger partial charge in [0.25, 0.3) is 0 Å².